The molecule has 4 nitrogen and oxygen atoms in total. The lowest BCUT2D eigenvalue weighted by molar-refractivity contribution is 0.982. The lowest BCUT2D eigenvalue weighted by atomic mass is 10.2. The number of nitrogens with one attached hydrogen (secondary N) is 3. The average Bonchev–Trinajstić information content (AvgIpc) is 2.73. The van der Waals surface area contributed by atoms with Gasteiger partial charge in [0.25, 0.3) is 0 Å². The topological polar surface area (TPSA) is 52.2 Å². The lowest BCUT2D eigenvalue weighted by Gasteiger charge is -1.98. The second-order valence-corrected chi connectivity index (χ2v) is 3.65. The van der Waals surface area contributed by atoms with Gasteiger partial charge in [0.05, 0.1) is 6.21 Å². The number of fused-ring (bicyclic) bond motifs is 1. The highest BCUT2D eigenvalue weighted by atomic mass is 32.1. The fourth-order valence-corrected chi connectivity index (χ4v) is 1.47. The molecule has 0 aliphatic heterocycles. The zero-order valence-electron chi connectivity index (χ0n) is 8.82. The van der Waals surface area contributed by atoms with Gasteiger partial charge >= 0.3 is 0 Å². The van der Waals surface area contributed by atoms with E-state index in [4.69, 9.17) is 12.2 Å². The van der Waals surface area contributed by atoms with Crippen LogP contribution < -0.4 is 10.7 Å². The van der Waals surface area contributed by atoms with E-state index >= 15 is 0 Å². The standard InChI is InChI=1S/C11H12N4S/c1-12-11(16)15-14-7-8-6-13-10-5-3-2-4-9(8)10/h2-7,13H,1H3,(H2,12,15,16)/b14-7-. The molecule has 0 bridgehead atoms. The van der Waals surface area contributed by atoms with E-state index in [9.17, 15) is 0 Å². The van der Waals surface area contributed by atoms with Crippen LogP contribution in [0.1, 0.15) is 5.56 Å². The SMILES string of the molecule is CNC(=S)N/N=C\c1c[nH]c2ccccc12. The average molecular weight is 232 g/mol. The molecule has 0 spiro atoms. The number of hydrazone groups is 1. The van der Waals surface area contributed by atoms with Gasteiger partial charge in [0, 0.05) is 29.7 Å². The van der Waals surface area contributed by atoms with Crippen molar-refractivity contribution in [2.24, 2.45) is 5.10 Å². The van der Waals surface area contributed by atoms with E-state index < -0.39 is 0 Å². The number of rotatable bonds is 2. The fourth-order valence-electron chi connectivity index (χ4n) is 1.42. The molecule has 3 N–H and O–H groups in total. The molecular weight excluding hydrogens is 220 g/mol. The first-order valence-electron chi connectivity index (χ1n) is 4.88. The fraction of sp³-hybridized carbons (Fsp3) is 0.0909. The molecule has 0 fully saturated rings. The molecule has 1 aromatic heterocycles. The van der Waals surface area contributed by atoms with E-state index in [0.29, 0.717) is 5.11 Å². The van der Waals surface area contributed by atoms with Gasteiger partial charge in [-0.15, -0.1) is 0 Å². The maximum Gasteiger partial charge on any atom is 0.186 e. The molecular formula is C11H12N4S. The summed E-state index contributed by atoms with van der Waals surface area (Å²) >= 11 is 4.90. The van der Waals surface area contributed by atoms with E-state index in [0.717, 1.165) is 16.5 Å². The molecule has 0 radical (unpaired) electrons. The molecule has 2 rings (SSSR count). The minimum Gasteiger partial charge on any atom is -0.364 e. The monoisotopic (exact) mass is 232 g/mol. The number of hydrogen-bond donors (Lipinski definition) is 3. The number of H-pyrrole nitrogens is 1. The number of nitrogens with zero attached hydrogens (tertiary/aromatic N) is 1. The number of thiocarbonyl (C=S) groups is 1. The van der Waals surface area contributed by atoms with Crippen LogP contribution in [0.5, 0.6) is 0 Å². The number of benzene rings is 1. The van der Waals surface area contributed by atoms with Crippen LogP contribution in [0, 0.1) is 0 Å². The van der Waals surface area contributed by atoms with Gasteiger partial charge in [-0.3, -0.25) is 5.43 Å². The smallest absolute Gasteiger partial charge is 0.186 e. The molecule has 0 saturated heterocycles. The van der Waals surface area contributed by atoms with E-state index in [-0.39, 0.29) is 0 Å². The highest BCUT2D eigenvalue weighted by Gasteiger charge is 1.98. The Morgan fingerprint density at radius 2 is 2.25 bits per heavy atom. The molecule has 82 valence electrons. The van der Waals surface area contributed by atoms with Gasteiger partial charge in [0.1, 0.15) is 0 Å². The third-order valence-electron chi connectivity index (χ3n) is 2.22. The summed E-state index contributed by atoms with van der Waals surface area (Å²) in [6.07, 6.45) is 3.65. The molecule has 0 aliphatic rings. The van der Waals surface area contributed by atoms with Gasteiger partial charge in [-0.1, -0.05) is 18.2 Å². The Balaban J connectivity index is 2.18. The van der Waals surface area contributed by atoms with Gasteiger partial charge in [0.15, 0.2) is 5.11 Å². The molecule has 0 unspecified atom stereocenters. The second-order valence-electron chi connectivity index (χ2n) is 3.24. The zero-order chi connectivity index (χ0) is 11.4. The predicted molar refractivity (Wildman–Crippen MR) is 70.7 cm³/mol. The summed E-state index contributed by atoms with van der Waals surface area (Å²) in [7, 11) is 1.75. The minimum absolute atomic E-state index is 0.496. The molecule has 0 amide bonds. The van der Waals surface area contributed by atoms with Crippen molar-refractivity contribution in [1.29, 1.82) is 0 Å². The first-order valence-corrected chi connectivity index (χ1v) is 5.29. The summed E-state index contributed by atoms with van der Waals surface area (Å²) in [6, 6.07) is 8.06. The molecule has 0 aliphatic carbocycles. The highest BCUT2D eigenvalue weighted by molar-refractivity contribution is 7.80. The number of para-hydroxylation sites is 1. The van der Waals surface area contributed by atoms with E-state index in [2.05, 4.69) is 20.8 Å². The molecule has 1 aromatic carbocycles. The van der Waals surface area contributed by atoms with Crippen LogP contribution in [0.3, 0.4) is 0 Å². The molecule has 0 atom stereocenters. The maximum absolute atomic E-state index is 4.90. The maximum atomic E-state index is 4.90. The Morgan fingerprint density at radius 3 is 3.06 bits per heavy atom. The van der Waals surface area contributed by atoms with Gasteiger partial charge in [-0.05, 0) is 18.3 Å². The second kappa shape index (κ2) is 4.76. The van der Waals surface area contributed by atoms with Gasteiger partial charge in [-0.2, -0.15) is 5.10 Å². The summed E-state index contributed by atoms with van der Waals surface area (Å²) in [5.41, 5.74) is 4.84. The Hall–Kier alpha value is -1.88. The van der Waals surface area contributed by atoms with Crippen molar-refractivity contribution in [2.75, 3.05) is 7.05 Å². The quantitative estimate of drug-likeness (QED) is 0.419. The van der Waals surface area contributed by atoms with E-state index in [1.165, 1.54) is 0 Å². The van der Waals surface area contributed by atoms with Crippen molar-refractivity contribution < 1.29 is 0 Å². The van der Waals surface area contributed by atoms with Crippen LogP contribution in [0.15, 0.2) is 35.6 Å². The van der Waals surface area contributed by atoms with Crippen molar-refractivity contribution in [3.8, 4) is 0 Å². The highest BCUT2D eigenvalue weighted by Crippen LogP contribution is 2.15. The number of aromatic nitrogens is 1. The Labute approximate surface area is 98.7 Å². The Bertz CT molecular complexity index is 530. The van der Waals surface area contributed by atoms with Crippen molar-refractivity contribution in [3.05, 3.63) is 36.0 Å². The third kappa shape index (κ3) is 2.20. The molecule has 1 heterocycles. The van der Waals surface area contributed by atoms with Crippen molar-refractivity contribution >= 4 is 34.4 Å². The molecule has 16 heavy (non-hydrogen) atoms. The summed E-state index contributed by atoms with van der Waals surface area (Å²) in [4.78, 5) is 3.17. The largest absolute Gasteiger partial charge is 0.364 e. The molecule has 0 saturated carbocycles. The van der Waals surface area contributed by atoms with Gasteiger partial charge in [-0.25, -0.2) is 0 Å². The normalized spacial score (nSPS) is 10.8. The summed E-state index contributed by atoms with van der Waals surface area (Å²) in [5.74, 6) is 0. The number of hydrogen-bond acceptors (Lipinski definition) is 2. The van der Waals surface area contributed by atoms with Crippen LogP contribution in [0.4, 0.5) is 0 Å². The summed E-state index contributed by atoms with van der Waals surface area (Å²) in [5, 5.41) is 8.46. The first kappa shape index (κ1) is 10.6. The lowest BCUT2D eigenvalue weighted by Crippen LogP contribution is -2.28. The van der Waals surface area contributed by atoms with E-state index in [1.54, 1.807) is 13.3 Å². The first-order chi connectivity index (χ1) is 7.81. The number of aromatic amines is 1. The Morgan fingerprint density at radius 1 is 1.44 bits per heavy atom. The van der Waals surface area contributed by atoms with Gasteiger partial charge < -0.3 is 10.3 Å². The molecule has 5 heteroatoms. The van der Waals surface area contributed by atoms with Crippen LogP contribution in [-0.2, 0) is 0 Å². The Kier molecular flexibility index (Phi) is 3.16. The van der Waals surface area contributed by atoms with E-state index in [1.807, 2.05) is 30.5 Å². The van der Waals surface area contributed by atoms with Crippen LogP contribution in [0.25, 0.3) is 10.9 Å². The minimum atomic E-state index is 0.496. The van der Waals surface area contributed by atoms with Crippen LogP contribution >= 0.6 is 12.2 Å². The van der Waals surface area contributed by atoms with Crippen molar-refractivity contribution in [3.63, 3.8) is 0 Å². The zero-order valence-corrected chi connectivity index (χ0v) is 9.64. The third-order valence-corrected chi connectivity index (χ3v) is 2.51. The summed E-state index contributed by atoms with van der Waals surface area (Å²) < 4.78 is 0. The molecule has 2 aromatic rings. The van der Waals surface area contributed by atoms with Gasteiger partial charge in [0.2, 0.25) is 0 Å². The summed E-state index contributed by atoms with van der Waals surface area (Å²) in [6.45, 7) is 0. The van der Waals surface area contributed by atoms with Crippen LogP contribution in [0.2, 0.25) is 0 Å². The van der Waals surface area contributed by atoms with Crippen molar-refractivity contribution in [1.82, 2.24) is 15.7 Å². The van der Waals surface area contributed by atoms with Crippen molar-refractivity contribution in [2.45, 2.75) is 0 Å². The van der Waals surface area contributed by atoms with Crippen LogP contribution in [-0.4, -0.2) is 23.4 Å². The predicted octanol–water partition coefficient (Wildman–Crippen LogP) is 1.60.